The Morgan fingerprint density at radius 2 is 0.554 bits per heavy atom. The number of carbonyl (C=O) groups excluding carboxylic acids is 2. The molecule has 0 aromatic heterocycles. The van der Waals surface area contributed by atoms with E-state index in [-0.39, 0.29) is 24.8 Å². The van der Waals surface area contributed by atoms with Gasteiger partial charge in [-0.25, -0.2) is 0 Å². The molecule has 0 aliphatic heterocycles. The highest BCUT2D eigenvalue weighted by Gasteiger charge is 2.58. The molecule has 2 aromatic carbocycles. The summed E-state index contributed by atoms with van der Waals surface area (Å²) in [6, 6.07) is 8.34. The van der Waals surface area contributed by atoms with E-state index in [1.165, 1.54) is 167 Å². The minimum Gasteiger partial charge on any atom is -0.466 e. The van der Waals surface area contributed by atoms with Crippen molar-refractivity contribution in [2.75, 3.05) is 33.0 Å². The van der Waals surface area contributed by atoms with E-state index in [1.807, 2.05) is 0 Å². The third-order valence-electron chi connectivity index (χ3n) is 17.8. The molecule has 8 heteroatoms. The minimum absolute atomic E-state index is 0.209. The van der Waals surface area contributed by atoms with Gasteiger partial charge in [-0.1, -0.05) is 314 Å². The Morgan fingerprint density at radius 1 is 0.349 bits per heavy atom. The molecule has 4 N–H and O–H groups in total. The second-order valence-corrected chi connectivity index (χ2v) is 29.6. The molecular formula is C75H132O8. The maximum absolute atomic E-state index is 14.6. The van der Waals surface area contributed by atoms with Crippen molar-refractivity contribution in [2.45, 2.75) is 355 Å². The first-order chi connectivity index (χ1) is 39.3. The van der Waals surface area contributed by atoms with Crippen molar-refractivity contribution in [1.82, 2.24) is 0 Å². The minimum atomic E-state index is -2.16. The maximum Gasteiger partial charge on any atom is 0.306 e. The first kappa shape index (κ1) is 76.3. The summed E-state index contributed by atoms with van der Waals surface area (Å²) >= 11 is 0. The largest absolute Gasteiger partial charge is 0.466 e. The van der Waals surface area contributed by atoms with Crippen LogP contribution in [0, 0.1) is 5.41 Å². The van der Waals surface area contributed by atoms with E-state index in [9.17, 15) is 30.0 Å². The van der Waals surface area contributed by atoms with Crippen molar-refractivity contribution >= 4 is 11.9 Å². The molecule has 0 spiro atoms. The zero-order valence-corrected chi connectivity index (χ0v) is 56.7. The number of benzene rings is 2. The standard InChI is InChI=1S/C75H132O8/c1-15-17-19-21-23-25-27-29-31-33-35-37-39-41-43-45-51-82-66(79)49-47-60-53-62(70(3,4)5)68(63(54-60)71(6,7)8)75(81,74(57-76,58-77)59-78)69-64(72(9,10)11)55-61(56-65(69)73(12,13)14)48-50-67(80)83-52-46-44-42-40-38-36-34-32-30-28-26-24-22-20-18-16-2/h53-56,76-78,81H,15-52,57-59H2,1-14H3. The molecular weight excluding hydrogens is 1030 g/mol. The Balaban J connectivity index is 2.31. The smallest absolute Gasteiger partial charge is 0.306 e. The Kier molecular flexibility index (Phi) is 36.7. The summed E-state index contributed by atoms with van der Waals surface area (Å²) in [6.07, 6.45) is 42.6. The van der Waals surface area contributed by atoms with Crippen LogP contribution in [-0.2, 0) is 59.2 Å². The van der Waals surface area contributed by atoms with Crippen LogP contribution in [0.4, 0.5) is 0 Å². The Hall–Kier alpha value is -2.78. The summed E-state index contributed by atoms with van der Waals surface area (Å²) in [5.41, 5.74) is -0.195. The van der Waals surface area contributed by atoms with Gasteiger partial charge in [-0.15, -0.1) is 0 Å². The van der Waals surface area contributed by atoms with Gasteiger partial charge < -0.3 is 29.9 Å². The molecule has 83 heavy (non-hydrogen) atoms. The topological polar surface area (TPSA) is 134 Å². The Bertz CT molecular complexity index is 1840. The zero-order chi connectivity index (χ0) is 62.0. The average Bonchev–Trinajstić information content (AvgIpc) is 1.27. The monoisotopic (exact) mass is 1160 g/mol. The Labute approximate surface area is 511 Å². The molecule has 0 amide bonds. The number of carbonyl (C=O) groups is 2. The Morgan fingerprint density at radius 3 is 0.747 bits per heavy atom. The lowest BCUT2D eigenvalue weighted by Crippen LogP contribution is -2.57. The van der Waals surface area contributed by atoms with E-state index in [4.69, 9.17) is 9.47 Å². The SMILES string of the molecule is CCCCCCCCCCCCCCCCCCOC(=O)CCc1cc(C(C)(C)C)c(C(O)(c2c(C(C)(C)C)cc(CCC(=O)OCCCCCCCCCCCCCCCCCC)cc2C(C)(C)C)C(CO)(CO)CO)c(C(C)(C)C)c1. The van der Waals surface area contributed by atoms with Gasteiger partial charge in [0, 0.05) is 12.8 Å². The van der Waals surface area contributed by atoms with Crippen LogP contribution in [0.2, 0.25) is 0 Å². The quantitative estimate of drug-likeness (QED) is 0.0381. The van der Waals surface area contributed by atoms with Crippen molar-refractivity contribution in [3.05, 3.63) is 68.8 Å². The van der Waals surface area contributed by atoms with Crippen LogP contribution in [0.5, 0.6) is 0 Å². The number of aryl methyl sites for hydroxylation is 2. The van der Waals surface area contributed by atoms with Crippen LogP contribution in [0.1, 0.15) is 360 Å². The first-order valence-corrected chi connectivity index (χ1v) is 34.5. The van der Waals surface area contributed by atoms with E-state index in [1.54, 1.807) is 0 Å². The number of aliphatic hydroxyl groups is 4. The lowest BCUT2D eigenvalue weighted by atomic mass is 9.56. The van der Waals surface area contributed by atoms with Gasteiger partial charge in [0.25, 0.3) is 0 Å². The third kappa shape index (κ3) is 27.4. The van der Waals surface area contributed by atoms with Crippen LogP contribution in [-0.4, -0.2) is 65.4 Å². The van der Waals surface area contributed by atoms with Gasteiger partial charge in [-0.05, 0) is 91.9 Å². The number of rotatable bonds is 46. The zero-order valence-electron chi connectivity index (χ0n) is 56.7. The fourth-order valence-corrected chi connectivity index (χ4v) is 12.3. The molecule has 0 saturated carbocycles. The molecule has 0 atom stereocenters. The molecule has 0 aliphatic carbocycles. The summed E-state index contributed by atoms with van der Waals surface area (Å²) in [5, 5.41) is 49.6. The maximum atomic E-state index is 14.6. The third-order valence-corrected chi connectivity index (χ3v) is 17.8. The van der Waals surface area contributed by atoms with Crippen LogP contribution in [0.25, 0.3) is 0 Å². The highest BCUT2D eigenvalue weighted by atomic mass is 16.5. The number of hydrogen-bond acceptors (Lipinski definition) is 8. The first-order valence-electron chi connectivity index (χ1n) is 34.5. The van der Waals surface area contributed by atoms with E-state index in [2.05, 4.69) is 121 Å². The fraction of sp³-hybridized carbons (Fsp3) is 0.813. The molecule has 2 rings (SSSR count). The number of esters is 2. The molecule has 0 unspecified atom stereocenters. The predicted molar refractivity (Wildman–Crippen MR) is 352 cm³/mol. The van der Waals surface area contributed by atoms with Crippen molar-refractivity contribution in [3.63, 3.8) is 0 Å². The van der Waals surface area contributed by atoms with Gasteiger partial charge in [0.2, 0.25) is 0 Å². The van der Waals surface area contributed by atoms with Gasteiger partial charge in [-0.3, -0.25) is 9.59 Å². The van der Waals surface area contributed by atoms with Crippen LogP contribution >= 0.6 is 0 Å². The summed E-state index contributed by atoms with van der Waals surface area (Å²) in [4.78, 5) is 26.7. The van der Waals surface area contributed by atoms with E-state index in [0.29, 0.717) is 37.2 Å². The van der Waals surface area contributed by atoms with Crippen LogP contribution in [0.15, 0.2) is 24.3 Å². The summed E-state index contributed by atoms with van der Waals surface area (Å²) in [7, 11) is 0. The lowest BCUT2D eigenvalue weighted by molar-refractivity contribution is -0.144. The molecule has 2 aromatic rings. The number of aliphatic hydroxyl groups excluding tert-OH is 3. The van der Waals surface area contributed by atoms with E-state index >= 15 is 0 Å². The number of ether oxygens (including phenoxy) is 2. The average molecular weight is 1160 g/mol. The summed E-state index contributed by atoms with van der Waals surface area (Å²) < 4.78 is 11.6. The molecule has 8 nitrogen and oxygen atoms in total. The number of hydrogen-bond donors (Lipinski definition) is 4. The highest BCUT2D eigenvalue weighted by molar-refractivity contribution is 5.70. The van der Waals surface area contributed by atoms with Gasteiger partial charge in [-0.2, -0.15) is 0 Å². The van der Waals surface area contributed by atoms with Crippen molar-refractivity contribution < 1.29 is 39.5 Å². The molecule has 0 saturated heterocycles. The molecule has 480 valence electrons. The van der Waals surface area contributed by atoms with Crippen molar-refractivity contribution in [1.29, 1.82) is 0 Å². The molecule has 0 radical (unpaired) electrons. The lowest BCUT2D eigenvalue weighted by Gasteiger charge is -2.52. The summed E-state index contributed by atoms with van der Waals surface area (Å²) in [6.45, 7) is 28.5. The van der Waals surface area contributed by atoms with Gasteiger partial charge >= 0.3 is 11.9 Å². The van der Waals surface area contributed by atoms with Crippen LogP contribution < -0.4 is 0 Å². The van der Waals surface area contributed by atoms with E-state index in [0.717, 1.165) is 71.9 Å². The fourth-order valence-electron chi connectivity index (χ4n) is 12.3. The van der Waals surface area contributed by atoms with Gasteiger partial charge in [0.15, 0.2) is 0 Å². The van der Waals surface area contributed by atoms with E-state index < -0.39 is 52.5 Å². The second-order valence-electron chi connectivity index (χ2n) is 29.6. The summed E-state index contributed by atoms with van der Waals surface area (Å²) in [5.74, 6) is -0.455. The molecule has 0 bridgehead atoms. The normalized spacial score (nSPS) is 12.8. The van der Waals surface area contributed by atoms with Crippen molar-refractivity contribution in [2.24, 2.45) is 5.41 Å². The van der Waals surface area contributed by atoms with Gasteiger partial charge in [0.1, 0.15) is 5.60 Å². The van der Waals surface area contributed by atoms with Crippen LogP contribution in [0.3, 0.4) is 0 Å². The molecule has 0 fully saturated rings. The number of unbranched alkanes of at least 4 members (excludes halogenated alkanes) is 30. The van der Waals surface area contributed by atoms with Gasteiger partial charge in [0.05, 0.1) is 38.4 Å². The predicted octanol–water partition coefficient (Wildman–Crippen LogP) is 19.6. The highest BCUT2D eigenvalue weighted by Crippen LogP contribution is 2.56. The van der Waals surface area contributed by atoms with Crippen molar-refractivity contribution in [3.8, 4) is 0 Å². The molecule has 0 heterocycles. The molecule has 0 aliphatic rings. The second kappa shape index (κ2) is 39.9.